The summed E-state index contributed by atoms with van der Waals surface area (Å²) >= 11 is 0. The summed E-state index contributed by atoms with van der Waals surface area (Å²) in [7, 11) is -1.67. The molecular weight excluding hydrogens is 378 g/mol. The van der Waals surface area contributed by atoms with E-state index in [2.05, 4.69) is 0 Å². The van der Waals surface area contributed by atoms with E-state index in [1.165, 1.54) is 4.31 Å². The molecule has 2 heterocycles. The number of hydrogen-bond donors (Lipinski definition) is 0. The highest BCUT2D eigenvalue weighted by atomic mass is 32.2. The van der Waals surface area contributed by atoms with Crippen molar-refractivity contribution < 1.29 is 17.6 Å². The Morgan fingerprint density at radius 2 is 1.82 bits per heavy atom. The summed E-state index contributed by atoms with van der Waals surface area (Å²) in [6.45, 7) is 6.11. The number of furan rings is 1. The molecule has 2 aromatic rings. The zero-order chi connectivity index (χ0) is 20.3. The Labute approximate surface area is 166 Å². The van der Waals surface area contributed by atoms with E-state index in [1.807, 2.05) is 44.0 Å². The Bertz CT molecular complexity index is 917. The minimum atomic E-state index is -3.54. The number of sulfonamides is 1. The maximum atomic E-state index is 12.9. The van der Waals surface area contributed by atoms with Gasteiger partial charge < -0.3 is 9.32 Å². The highest BCUT2D eigenvalue weighted by molar-refractivity contribution is 7.89. The van der Waals surface area contributed by atoms with Crippen molar-refractivity contribution in [2.45, 2.75) is 25.3 Å². The van der Waals surface area contributed by atoms with Crippen LogP contribution in [0.5, 0.6) is 0 Å². The first-order chi connectivity index (χ1) is 13.3. The lowest BCUT2D eigenvalue weighted by Crippen LogP contribution is -2.52. The van der Waals surface area contributed by atoms with Crippen LogP contribution in [-0.4, -0.2) is 68.2 Å². The molecule has 1 aliphatic rings. The number of benzene rings is 1. The molecule has 0 unspecified atom stereocenters. The Kier molecular flexibility index (Phi) is 6.22. The molecule has 0 saturated carbocycles. The van der Waals surface area contributed by atoms with Crippen molar-refractivity contribution in [3.05, 3.63) is 53.5 Å². The number of piperazine rings is 1. The van der Waals surface area contributed by atoms with Crippen molar-refractivity contribution in [3.8, 4) is 0 Å². The number of nitrogens with zero attached hydrogens (tertiary/aromatic N) is 3. The predicted molar refractivity (Wildman–Crippen MR) is 106 cm³/mol. The Morgan fingerprint density at radius 1 is 1.11 bits per heavy atom. The second-order valence-electron chi connectivity index (χ2n) is 7.28. The highest BCUT2D eigenvalue weighted by Gasteiger charge is 2.30. The summed E-state index contributed by atoms with van der Waals surface area (Å²) in [5, 5.41) is 0. The SMILES string of the molecule is Cc1ccc(S(=O)(=O)N2CCN(C(=O)CN(C)Cc3ccco3)CC2)cc1C. The number of likely N-dealkylation sites (N-methyl/N-ethyl adjacent to an activating group) is 1. The molecule has 1 fully saturated rings. The second-order valence-corrected chi connectivity index (χ2v) is 9.22. The Morgan fingerprint density at radius 3 is 2.43 bits per heavy atom. The lowest BCUT2D eigenvalue weighted by Gasteiger charge is -2.34. The molecule has 8 heteroatoms. The molecule has 1 amide bonds. The van der Waals surface area contributed by atoms with Crippen LogP contribution >= 0.6 is 0 Å². The molecule has 0 bridgehead atoms. The van der Waals surface area contributed by atoms with E-state index >= 15 is 0 Å². The van der Waals surface area contributed by atoms with Crippen LogP contribution < -0.4 is 0 Å². The van der Waals surface area contributed by atoms with Crippen LogP contribution in [0.4, 0.5) is 0 Å². The van der Waals surface area contributed by atoms with Gasteiger partial charge in [0.05, 0.1) is 24.2 Å². The molecule has 0 N–H and O–H groups in total. The Balaban J connectivity index is 1.56. The summed E-state index contributed by atoms with van der Waals surface area (Å²) in [6, 6.07) is 8.89. The molecule has 0 radical (unpaired) electrons. The quantitative estimate of drug-likeness (QED) is 0.733. The fraction of sp³-hybridized carbons (Fsp3) is 0.450. The number of carbonyl (C=O) groups excluding carboxylic acids is 1. The number of amides is 1. The lowest BCUT2D eigenvalue weighted by atomic mass is 10.1. The normalized spacial score (nSPS) is 15.9. The molecule has 7 nitrogen and oxygen atoms in total. The topological polar surface area (TPSA) is 74.1 Å². The highest BCUT2D eigenvalue weighted by Crippen LogP contribution is 2.20. The minimum absolute atomic E-state index is 0.00251. The van der Waals surface area contributed by atoms with E-state index in [9.17, 15) is 13.2 Å². The summed E-state index contributed by atoms with van der Waals surface area (Å²) in [5.41, 5.74) is 2.02. The second kappa shape index (κ2) is 8.46. The van der Waals surface area contributed by atoms with Crippen molar-refractivity contribution in [2.24, 2.45) is 0 Å². The van der Waals surface area contributed by atoms with E-state index in [0.717, 1.165) is 16.9 Å². The van der Waals surface area contributed by atoms with Gasteiger partial charge in [0.15, 0.2) is 0 Å². The van der Waals surface area contributed by atoms with Crippen molar-refractivity contribution in [3.63, 3.8) is 0 Å². The standard InChI is InChI=1S/C20H27N3O4S/c1-16-6-7-19(13-17(16)2)28(25,26)23-10-8-22(9-11-23)20(24)15-21(3)14-18-5-4-12-27-18/h4-7,12-13H,8-11,14-15H2,1-3H3. The van der Waals surface area contributed by atoms with E-state index in [4.69, 9.17) is 4.42 Å². The van der Waals surface area contributed by atoms with Gasteiger partial charge in [-0.15, -0.1) is 0 Å². The molecule has 0 aliphatic carbocycles. The molecular formula is C20H27N3O4S. The van der Waals surface area contributed by atoms with Gasteiger partial charge in [0.2, 0.25) is 15.9 Å². The molecule has 152 valence electrons. The molecule has 28 heavy (non-hydrogen) atoms. The zero-order valence-electron chi connectivity index (χ0n) is 16.6. The van der Waals surface area contributed by atoms with Gasteiger partial charge in [0, 0.05) is 26.2 Å². The third-order valence-corrected chi connectivity index (χ3v) is 7.01. The fourth-order valence-electron chi connectivity index (χ4n) is 3.26. The van der Waals surface area contributed by atoms with Gasteiger partial charge in [-0.3, -0.25) is 9.69 Å². The van der Waals surface area contributed by atoms with Gasteiger partial charge >= 0.3 is 0 Å². The lowest BCUT2D eigenvalue weighted by molar-refractivity contribution is -0.133. The average Bonchev–Trinajstić information content (AvgIpc) is 3.16. The molecule has 1 saturated heterocycles. The first kappa shape index (κ1) is 20.6. The van der Waals surface area contributed by atoms with Crippen LogP contribution in [-0.2, 0) is 21.4 Å². The van der Waals surface area contributed by atoms with Crippen molar-refractivity contribution in [1.82, 2.24) is 14.1 Å². The number of carbonyl (C=O) groups is 1. The summed E-state index contributed by atoms with van der Waals surface area (Å²) < 4.78 is 32.5. The minimum Gasteiger partial charge on any atom is -0.468 e. The van der Waals surface area contributed by atoms with E-state index < -0.39 is 10.0 Å². The number of hydrogen-bond acceptors (Lipinski definition) is 5. The molecule has 0 atom stereocenters. The van der Waals surface area contributed by atoms with Crippen molar-refractivity contribution in [2.75, 3.05) is 39.8 Å². The Hall–Kier alpha value is -2.16. The predicted octanol–water partition coefficient (Wildman–Crippen LogP) is 1.86. The maximum Gasteiger partial charge on any atom is 0.243 e. The monoisotopic (exact) mass is 405 g/mol. The first-order valence-corrected chi connectivity index (χ1v) is 10.8. The largest absolute Gasteiger partial charge is 0.468 e. The zero-order valence-corrected chi connectivity index (χ0v) is 17.4. The summed E-state index contributed by atoms with van der Waals surface area (Å²) in [4.78, 5) is 16.5. The summed E-state index contributed by atoms with van der Waals surface area (Å²) in [5.74, 6) is 0.803. The van der Waals surface area contributed by atoms with Gasteiger partial charge in [-0.05, 0) is 56.3 Å². The van der Waals surface area contributed by atoms with Gasteiger partial charge in [0.1, 0.15) is 5.76 Å². The van der Waals surface area contributed by atoms with Gasteiger partial charge in [-0.2, -0.15) is 4.31 Å². The third kappa shape index (κ3) is 4.63. The maximum absolute atomic E-state index is 12.9. The summed E-state index contributed by atoms with van der Waals surface area (Å²) in [6.07, 6.45) is 1.61. The van der Waals surface area contributed by atoms with Gasteiger partial charge in [-0.1, -0.05) is 6.07 Å². The van der Waals surface area contributed by atoms with Crippen LogP contribution in [0.15, 0.2) is 45.9 Å². The van der Waals surface area contributed by atoms with Gasteiger partial charge in [0.25, 0.3) is 0 Å². The van der Waals surface area contributed by atoms with Crippen LogP contribution in [0.3, 0.4) is 0 Å². The van der Waals surface area contributed by atoms with E-state index in [-0.39, 0.29) is 12.5 Å². The van der Waals surface area contributed by atoms with E-state index in [0.29, 0.717) is 37.6 Å². The van der Waals surface area contributed by atoms with Crippen LogP contribution in [0.1, 0.15) is 16.9 Å². The fourth-order valence-corrected chi connectivity index (χ4v) is 4.76. The van der Waals surface area contributed by atoms with Crippen LogP contribution in [0.2, 0.25) is 0 Å². The number of aryl methyl sites for hydroxylation is 2. The molecule has 1 aliphatic heterocycles. The van der Waals surface area contributed by atoms with Crippen LogP contribution in [0.25, 0.3) is 0 Å². The third-order valence-electron chi connectivity index (χ3n) is 5.12. The van der Waals surface area contributed by atoms with E-state index in [1.54, 1.807) is 23.3 Å². The number of rotatable bonds is 6. The first-order valence-electron chi connectivity index (χ1n) is 9.33. The molecule has 1 aromatic heterocycles. The smallest absolute Gasteiger partial charge is 0.243 e. The molecule has 0 spiro atoms. The molecule has 3 rings (SSSR count). The van der Waals surface area contributed by atoms with Gasteiger partial charge in [-0.25, -0.2) is 8.42 Å². The molecule has 1 aromatic carbocycles. The van der Waals surface area contributed by atoms with Crippen molar-refractivity contribution in [1.29, 1.82) is 0 Å². The van der Waals surface area contributed by atoms with Crippen molar-refractivity contribution >= 4 is 15.9 Å². The average molecular weight is 406 g/mol. The van der Waals surface area contributed by atoms with Crippen LogP contribution in [0, 0.1) is 13.8 Å².